The SMILES string of the molecule is CC#CC1(O)CCC2C3CCC4(O)CC5(CCC4=C3C(C3CCC(NC4CCCCC4)CC3)CC21C)OCCO5. The maximum atomic E-state index is 12.3. The van der Waals surface area contributed by atoms with Gasteiger partial charge >= 0.3 is 0 Å². The molecule has 7 rings (SSSR count). The first kappa shape index (κ1) is 27.9. The molecule has 1 aliphatic heterocycles. The van der Waals surface area contributed by atoms with Crippen LogP contribution in [-0.4, -0.2) is 52.5 Å². The van der Waals surface area contributed by atoms with E-state index >= 15 is 0 Å². The molecule has 0 aromatic carbocycles. The standard InChI is InChI=1S/C35H53NO4/c1-3-16-34(38)18-14-29-27-13-17-33(37)23-35(39-20-21-40-35)19-15-30(33)31(27)28(22-32(29,34)2)24-9-11-26(12-10-24)36-25-7-5-4-6-8-25/h24-29,36-38H,4-15,17-23H2,1-2H3. The normalized spacial score (nSPS) is 46.9. The summed E-state index contributed by atoms with van der Waals surface area (Å²) in [6.45, 7) is 5.54. The zero-order valence-corrected chi connectivity index (χ0v) is 25.1. The van der Waals surface area contributed by atoms with Crippen LogP contribution in [0.25, 0.3) is 0 Å². The van der Waals surface area contributed by atoms with Crippen LogP contribution in [0.5, 0.6) is 0 Å². The third-order valence-corrected chi connectivity index (χ3v) is 13.2. The molecule has 6 fully saturated rings. The number of fused-ring (bicyclic) bond motifs is 4. The summed E-state index contributed by atoms with van der Waals surface area (Å²) in [5.74, 6) is 7.82. The first-order valence-electron chi connectivity index (χ1n) is 16.9. The minimum Gasteiger partial charge on any atom is -0.385 e. The Morgan fingerprint density at radius 2 is 1.55 bits per heavy atom. The van der Waals surface area contributed by atoms with Crippen LogP contribution >= 0.6 is 0 Å². The number of rotatable bonds is 3. The number of hydrogen-bond donors (Lipinski definition) is 3. The molecule has 6 aliphatic carbocycles. The lowest BCUT2D eigenvalue weighted by atomic mass is 9.48. The fraction of sp³-hybridized carbons (Fsp3) is 0.886. The number of allylic oxidation sites excluding steroid dienone is 1. The van der Waals surface area contributed by atoms with Crippen molar-refractivity contribution in [2.75, 3.05) is 13.2 Å². The van der Waals surface area contributed by atoms with Gasteiger partial charge in [-0.15, -0.1) is 5.92 Å². The van der Waals surface area contributed by atoms with Crippen molar-refractivity contribution in [3.05, 3.63) is 11.1 Å². The predicted octanol–water partition coefficient (Wildman–Crippen LogP) is 6.02. The van der Waals surface area contributed by atoms with Gasteiger partial charge in [-0.05, 0) is 113 Å². The van der Waals surface area contributed by atoms with Crippen molar-refractivity contribution in [1.82, 2.24) is 5.32 Å². The topological polar surface area (TPSA) is 71.0 Å². The third-order valence-electron chi connectivity index (χ3n) is 13.2. The lowest BCUT2D eigenvalue weighted by Gasteiger charge is -2.58. The Bertz CT molecular complexity index is 1050. The first-order chi connectivity index (χ1) is 19.3. The summed E-state index contributed by atoms with van der Waals surface area (Å²) in [5, 5.41) is 28.4. The maximum absolute atomic E-state index is 12.3. The van der Waals surface area contributed by atoms with Gasteiger partial charge in [-0.1, -0.05) is 37.7 Å². The van der Waals surface area contributed by atoms with Crippen molar-refractivity contribution >= 4 is 0 Å². The summed E-state index contributed by atoms with van der Waals surface area (Å²) >= 11 is 0. The van der Waals surface area contributed by atoms with Crippen molar-refractivity contribution in [1.29, 1.82) is 0 Å². The molecular weight excluding hydrogens is 498 g/mol. The number of nitrogens with one attached hydrogen (secondary N) is 1. The Labute approximate surface area is 242 Å². The van der Waals surface area contributed by atoms with Gasteiger partial charge in [0.25, 0.3) is 0 Å². The van der Waals surface area contributed by atoms with Gasteiger partial charge in [0.1, 0.15) is 5.60 Å². The van der Waals surface area contributed by atoms with E-state index in [1.807, 2.05) is 6.92 Å². The van der Waals surface area contributed by atoms with Crippen molar-refractivity contribution in [3.63, 3.8) is 0 Å². The summed E-state index contributed by atoms with van der Waals surface area (Å²) in [6, 6.07) is 1.38. The summed E-state index contributed by atoms with van der Waals surface area (Å²) in [6.07, 6.45) is 18.9. The van der Waals surface area contributed by atoms with Gasteiger partial charge in [0, 0.05) is 30.3 Å². The maximum Gasteiger partial charge on any atom is 0.171 e. The minimum absolute atomic E-state index is 0.185. The highest BCUT2D eigenvalue weighted by Crippen LogP contribution is 2.67. The quantitative estimate of drug-likeness (QED) is 0.295. The van der Waals surface area contributed by atoms with Crippen molar-refractivity contribution in [2.45, 2.75) is 152 Å². The van der Waals surface area contributed by atoms with E-state index in [9.17, 15) is 10.2 Å². The van der Waals surface area contributed by atoms with Crippen LogP contribution in [0.2, 0.25) is 0 Å². The van der Waals surface area contributed by atoms with Crippen LogP contribution in [0.4, 0.5) is 0 Å². The van der Waals surface area contributed by atoms with Crippen LogP contribution in [-0.2, 0) is 9.47 Å². The predicted molar refractivity (Wildman–Crippen MR) is 156 cm³/mol. The number of aliphatic hydroxyl groups is 2. The highest BCUT2D eigenvalue weighted by molar-refractivity contribution is 5.39. The van der Waals surface area contributed by atoms with Gasteiger partial charge in [-0.2, -0.15) is 0 Å². The van der Waals surface area contributed by atoms with Gasteiger partial charge < -0.3 is 25.0 Å². The molecule has 0 amide bonds. The van der Waals surface area contributed by atoms with E-state index in [4.69, 9.17) is 9.47 Å². The average Bonchev–Trinajstić information content (AvgIpc) is 3.50. The highest BCUT2D eigenvalue weighted by Gasteiger charge is 2.65. The molecule has 1 saturated heterocycles. The van der Waals surface area contributed by atoms with Crippen LogP contribution in [0.15, 0.2) is 11.1 Å². The third kappa shape index (κ3) is 4.46. The molecule has 5 nitrogen and oxygen atoms in total. The molecule has 1 spiro atoms. The van der Waals surface area contributed by atoms with Gasteiger partial charge in [0.15, 0.2) is 5.79 Å². The highest BCUT2D eigenvalue weighted by atomic mass is 16.7. The van der Waals surface area contributed by atoms with E-state index < -0.39 is 17.0 Å². The first-order valence-corrected chi connectivity index (χ1v) is 16.9. The summed E-state index contributed by atoms with van der Waals surface area (Å²) < 4.78 is 12.3. The fourth-order valence-electron chi connectivity index (χ4n) is 11.2. The smallest absolute Gasteiger partial charge is 0.171 e. The second-order valence-electron chi connectivity index (χ2n) is 15.1. The summed E-state index contributed by atoms with van der Waals surface area (Å²) in [4.78, 5) is 0. The minimum atomic E-state index is -0.892. The Morgan fingerprint density at radius 3 is 2.27 bits per heavy atom. The van der Waals surface area contributed by atoms with Crippen LogP contribution in [0.3, 0.4) is 0 Å². The zero-order chi connectivity index (χ0) is 27.6. The van der Waals surface area contributed by atoms with Crippen LogP contribution in [0.1, 0.15) is 123 Å². The Kier molecular flexibility index (Phi) is 7.24. The molecule has 5 saturated carbocycles. The lowest BCUT2D eigenvalue weighted by Crippen LogP contribution is -2.56. The number of hydrogen-bond acceptors (Lipinski definition) is 5. The molecule has 6 atom stereocenters. The molecule has 1 heterocycles. The molecule has 0 bridgehead atoms. The molecule has 222 valence electrons. The van der Waals surface area contributed by atoms with Crippen molar-refractivity contribution < 1.29 is 19.7 Å². The molecule has 7 aliphatic rings. The average molecular weight is 552 g/mol. The molecular formula is C35H53NO4. The second-order valence-corrected chi connectivity index (χ2v) is 15.1. The largest absolute Gasteiger partial charge is 0.385 e. The molecule has 0 aromatic heterocycles. The van der Waals surface area contributed by atoms with Gasteiger partial charge in [0.2, 0.25) is 0 Å². The van der Waals surface area contributed by atoms with E-state index in [1.54, 1.807) is 5.57 Å². The zero-order valence-electron chi connectivity index (χ0n) is 25.1. The fourth-order valence-corrected chi connectivity index (χ4v) is 11.2. The summed E-state index contributed by atoms with van der Waals surface area (Å²) in [7, 11) is 0. The lowest BCUT2D eigenvalue weighted by molar-refractivity contribution is -0.208. The molecule has 5 heteroatoms. The van der Waals surface area contributed by atoms with E-state index in [0.717, 1.165) is 51.0 Å². The molecule has 6 unspecified atom stereocenters. The molecule has 0 aromatic rings. The monoisotopic (exact) mass is 551 g/mol. The van der Waals surface area contributed by atoms with E-state index in [-0.39, 0.29) is 5.41 Å². The Balaban J connectivity index is 1.20. The van der Waals surface area contributed by atoms with Crippen LogP contribution in [0, 0.1) is 40.9 Å². The van der Waals surface area contributed by atoms with E-state index in [0.29, 0.717) is 49.3 Å². The van der Waals surface area contributed by atoms with Gasteiger partial charge in [0.05, 0.1) is 18.8 Å². The molecule has 0 radical (unpaired) electrons. The van der Waals surface area contributed by atoms with E-state index in [2.05, 4.69) is 24.1 Å². The molecule has 40 heavy (non-hydrogen) atoms. The van der Waals surface area contributed by atoms with Gasteiger partial charge in [-0.25, -0.2) is 0 Å². The molecule has 3 N–H and O–H groups in total. The second kappa shape index (κ2) is 10.4. The van der Waals surface area contributed by atoms with E-state index in [1.165, 1.54) is 63.4 Å². The van der Waals surface area contributed by atoms with Crippen LogP contribution < -0.4 is 5.32 Å². The van der Waals surface area contributed by atoms with Crippen molar-refractivity contribution in [3.8, 4) is 11.8 Å². The number of ether oxygens (including phenoxy) is 2. The Hall–Kier alpha value is -0.900. The van der Waals surface area contributed by atoms with Crippen molar-refractivity contribution in [2.24, 2.45) is 29.1 Å². The van der Waals surface area contributed by atoms with Gasteiger partial charge in [-0.3, -0.25) is 0 Å². The Morgan fingerprint density at radius 1 is 0.825 bits per heavy atom. The summed E-state index contributed by atoms with van der Waals surface area (Å²) in [5.41, 5.74) is 1.08.